The maximum Gasteiger partial charge on any atom is 0.136 e. The van der Waals surface area contributed by atoms with Crippen LogP contribution in [-0.2, 0) is 0 Å². The van der Waals surface area contributed by atoms with E-state index < -0.39 is 18.1 Å². The lowest BCUT2D eigenvalue weighted by atomic mass is 9.84. The van der Waals surface area contributed by atoms with Crippen LogP contribution in [0.1, 0.15) is 20.6 Å². The summed E-state index contributed by atoms with van der Waals surface area (Å²) in [4.78, 5) is 0. The largest absolute Gasteiger partial charge is 0.456 e. The molecule has 30 rings (SSSR count). The average Bonchev–Trinajstić information content (AvgIpc) is 1.26. The molecule has 694 valence electrons. The molecule has 0 aliphatic heterocycles. The third-order valence-corrected chi connectivity index (χ3v) is 29.4. The molecule has 0 fully saturated rings. The van der Waals surface area contributed by atoms with Crippen molar-refractivity contribution in [2.24, 2.45) is 0 Å². The van der Waals surface area contributed by atoms with Gasteiger partial charge in [-0.2, -0.15) is 0 Å². The average molecular weight is 1910 g/mol. The number of furan rings is 3. The highest BCUT2D eigenvalue weighted by Gasteiger charge is 2.28. The van der Waals surface area contributed by atoms with Gasteiger partial charge in [0.15, 0.2) is 0 Å². The van der Waals surface area contributed by atoms with Crippen LogP contribution in [0.2, 0.25) is 0 Å². The van der Waals surface area contributed by atoms with Crippen molar-refractivity contribution in [1.82, 2.24) is 0 Å². The predicted octanol–water partition coefficient (Wildman–Crippen LogP) is 41.7. The van der Waals surface area contributed by atoms with Crippen molar-refractivity contribution in [2.45, 2.75) is 0 Å². The van der Waals surface area contributed by atoms with Crippen LogP contribution in [0.3, 0.4) is 0 Å². The maximum atomic E-state index is 8.95. The molecular weight excluding hydrogens is 1800 g/mol. The van der Waals surface area contributed by atoms with Crippen LogP contribution < -0.4 is 0 Å². The minimum absolute atomic E-state index is 0.194. The zero-order valence-corrected chi connectivity index (χ0v) is 80.2. The van der Waals surface area contributed by atoms with E-state index >= 15 is 0 Å². The molecule has 3 aromatic heterocycles. The number of rotatable bonds is 13. The van der Waals surface area contributed by atoms with Crippen molar-refractivity contribution in [3.05, 3.63) is 558 Å². The van der Waals surface area contributed by atoms with Gasteiger partial charge in [-0.3, -0.25) is 0 Å². The smallest absolute Gasteiger partial charge is 0.136 e. The highest BCUT2D eigenvalue weighted by Crippen LogP contribution is 2.54. The Kier molecular flexibility index (Phi) is 18.0. The maximum absolute atomic E-state index is 8.95. The zero-order chi connectivity index (χ0) is 111. The van der Waals surface area contributed by atoms with Gasteiger partial charge in [0, 0.05) is 32.3 Å². The van der Waals surface area contributed by atoms with Crippen LogP contribution in [0.25, 0.3) is 297 Å². The van der Waals surface area contributed by atoms with E-state index in [1.807, 2.05) is 164 Å². The Balaban J connectivity index is 0.000000116. The third-order valence-electron chi connectivity index (χ3n) is 29.4. The van der Waals surface area contributed by atoms with Gasteiger partial charge in [0.05, 0.1) is 20.6 Å². The fraction of sp³-hybridized carbons (Fsp3) is 0. The van der Waals surface area contributed by atoms with E-state index in [4.69, 9.17) is 33.8 Å². The quantitative estimate of drug-likeness (QED) is 0.108. The lowest BCUT2D eigenvalue weighted by Crippen LogP contribution is -1.91. The molecule has 0 radical (unpaired) electrons. The van der Waals surface area contributed by atoms with Gasteiger partial charge in [-0.05, 0) is 298 Å². The van der Waals surface area contributed by atoms with E-state index in [1.165, 1.54) is 38.2 Å². The van der Waals surface area contributed by atoms with Crippen LogP contribution in [0.15, 0.2) is 571 Å². The first kappa shape index (κ1) is 72.6. The second-order valence-electron chi connectivity index (χ2n) is 37.7. The first-order valence-corrected chi connectivity index (χ1v) is 50.0. The molecule has 0 bridgehead atoms. The molecule has 0 atom stereocenters. The molecule has 3 nitrogen and oxygen atoms in total. The van der Waals surface area contributed by atoms with Crippen molar-refractivity contribution >= 4 is 152 Å². The molecule has 0 saturated carbocycles. The lowest BCUT2D eigenvalue weighted by molar-refractivity contribution is 0.668. The van der Waals surface area contributed by atoms with Crippen molar-refractivity contribution < 1.29 is 33.8 Å². The molecule has 0 aliphatic carbocycles. The molecule has 0 unspecified atom stereocenters. The van der Waals surface area contributed by atoms with Gasteiger partial charge in [-0.1, -0.05) is 491 Å². The van der Waals surface area contributed by atoms with Gasteiger partial charge in [0.25, 0.3) is 0 Å². The van der Waals surface area contributed by atoms with E-state index in [2.05, 4.69) is 303 Å². The second kappa shape index (κ2) is 37.0. The van der Waals surface area contributed by atoms with E-state index in [0.29, 0.717) is 16.7 Å². The Hall–Kier alpha value is -19.6. The Morgan fingerprint density at radius 1 is 0.121 bits per heavy atom. The summed E-state index contributed by atoms with van der Waals surface area (Å²) in [5.41, 5.74) is 28.7. The predicted molar refractivity (Wildman–Crippen MR) is 632 cm³/mol. The van der Waals surface area contributed by atoms with Crippen LogP contribution in [0.4, 0.5) is 0 Å². The van der Waals surface area contributed by atoms with Gasteiger partial charge >= 0.3 is 0 Å². The summed E-state index contributed by atoms with van der Waals surface area (Å²) in [5.74, 6) is 0. The molecule has 3 heterocycles. The number of hydrogen-bond acceptors (Lipinski definition) is 3. The van der Waals surface area contributed by atoms with Crippen LogP contribution in [0.5, 0.6) is 0 Å². The topological polar surface area (TPSA) is 39.4 Å². The summed E-state index contributed by atoms with van der Waals surface area (Å²) < 4.78 is 149. The van der Waals surface area contributed by atoms with Gasteiger partial charge in [-0.25, -0.2) is 0 Å². The highest BCUT2D eigenvalue weighted by atomic mass is 16.3. The van der Waals surface area contributed by atoms with Crippen LogP contribution in [-0.4, -0.2) is 0 Å². The minimum atomic E-state index is -0.407. The van der Waals surface area contributed by atoms with Gasteiger partial charge in [0.2, 0.25) is 0 Å². The van der Waals surface area contributed by atoms with E-state index in [1.54, 1.807) is 0 Å². The third kappa shape index (κ3) is 15.3. The summed E-state index contributed by atoms with van der Waals surface area (Å²) in [6.07, 6.45) is 0. The molecule has 0 amide bonds. The fourth-order valence-corrected chi connectivity index (χ4v) is 22.9. The van der Waals surface area contributed by atoms with Crippen molar-refractivity contribution in [2.75, 3.05) is 0 Å². The van der Waals surface area contributed by atoms with E-state index in [0.717, 1.165) is 225 Å². The number of fused-ring (bicyclic) bond motifs is 17. The molecule has 3 heteroatoms. The summed E-state index contributed by atoms with van der Waals surface area (Å²) >= 11 is 0. The SMILES string of the molecule is [2H]c1c([2H])c([2H])c(-c2c3ccccc3c(-c3cccc4oc5cc(-c6ccccc6)c(-c6ccc7ccccc7c6)cc5c34)c3ccccc23)c([2H])c1[2H].[2H]c1c([2H])c([2H])c(-c2c3ccccc3c(-c3cccc4oc5cc(-c6ccccc6)c(-c6ccccc6)cc5c34)c3ccccc23)c([2H])c1[2H].[2H]c1c([2H])c([2H])c(-c2c3ccccc3c(-c3cccc4oc5ccc(-c6ccc(-c7ccccc7-c7ccc8ccccc8c7)cc6)cc5c34)c3ccccc23)c([2H])c1[2H]. The number of benzene rings is 27. The Morgan fingerprint density at radius 3 is 0.725 bits per heavy atom. The first-order chi connectivity index (χ1) is 80.2. The highest BCUT2D eigenvalue weighted by molar-refractivity contribution is 6.30. The normalized spacial score (nSPS) is 13.0. The molecule has 30 aromatic rings. The summed E-state index contributed by atoms with van der Waals surface area (Å²) in [7, 11) is 0. The molecule has 149 heavy (non-hydrogen) atoms. The van der Waals surface area contributed by atoms with E-state index in [-0.39, 0.29) is 89.2 Å². The lowest BCUT2D eigenvalue weighted by Gasteiger charge is -2.18. The van der Waals surface area contributed by atoms with Crippen LogP contribution >= 0.6 is 0 Å². The Morgan fingerprint density at radius 2 is 0.369 bits per heavy atom. The first-order valence-electron chi connectivity index (χ1n) is 57.5. The molecule has 0 saturated heterocycles. The zero-order valence-electron chi connectivity index (χ0n) is 95.2. The Bertz CT molecular complexity index is 11300. The molecule has 0 N–H and O–H groups in total. The Labute approximate surface area is 882 Å². The van der Waals surface area contributed by atoms with Gasteiger partial charge < -0.3 is 13.3 Å². The summed E-state index contributed by atoms with van der Waals surface area (Å²) in [6.45, 7) is 0. The minimum Gasteiger partial charge on any atom is -0.456 e. The summed E-state index contributed by atoms with van der Waals surface area (Å²) in [5, 5.41) is 21.1. The molecule has 0 spiro atoms. The second-order valence-corrected chi connectivity index (χ2v) is 37.7. The van der Waals surface area contributed by atoms with Crippen molar-refractivity contribution in [3.63, 3.8) is 0 Å². The van der Waals surface area contributed by atoms with Gasteiger partial charge in [0.1, 0.15) is 33.5 Å². The fourth-order valence-electron chi connectivity index (χ4n) is 22.9. The standard InChI is InChI=1S/C54H34O.C48H30O.C44H28O/c1-2-14-38(15-3-1)52-44-19-8-10-21-46(44)53(47-22-11-9-20-45(47)52)48-23-12-24-51-54(48)49-34-40(31-32-50(49)55-51)36-25-28-37(29-26-36)42-17-6-7-18-43(42)41-30-27-35-13-4-5-16-39(35)33-41;1-3-15-32(16-4-1)42-30-45-43(29-41(42)35-27-26-31-14-7-8-19-34(31)28-35)48-40(24-13-25-44(48)49-45)47-38-22-11-9-20-36(38)46(33-17-5-2-6-18-33)37-21-10-12-23-39(37)47;1-4-15-29(16-5-1)37-27-39-41(28-38(37)30-17-6-2-7-18-30)45-40-26-14-25-36(44(39)40)43-34-23-12-10-21-32(34)42(31-19-8-3-9-20-31)33-22-11-13-24-35(33)43/h1-34H;1-30H;1-28H/i1D,2D,3D,14D,15D;2D,5D,6D,17D,18D;3D,8D,9D,19D,20D. The summed E-state index contributed by atoms with van der Waals surface area (Å²) in [6, 6.07) is 156. The monoisotopic (exact) mass is 1910 g/mol. The van der Waals surface area contributed by atoms with E-state index in [9.17, 15) is 0 Å². The van der Waals surface area contributed by atoms with Crippen LogP contribution in [0, 0.1) is 0 Å². The molecular formula is C146H92O3. The molecule has 27 aromatic carbocycles. The van der Waals surface area contributed by atoms with Crippen molar-refractivity contribution in [1.29, 1.82) is 0 Å². The van der Waals surface area contributed by atoms with Crippen molar-refractivity contribution in [3.8, 4) is 145 Å². The van der Waals surface area contributed by atoms with Gasteiger partial charge in [-0.15, -0.1) is 0 Å². The number of hydrogen-bond donors (Lipinski definition) is 0. The molecule has 0 aliphatic rings.